The Labute approximate surface area is 189 Å². The normalized spacial score (nSPS) is 12.1. The number of amides is 1. The fraction of sp³-hybridized carbons (Fsp3) is 0.261. The number of thioether (sulfide) groups is 1. The van der Waals surface area contributed by atoms with Crippen LogP contribution in [0.1, 0.15) is 35.8 Å². The second kappa shape index (κ2) is 9.35. The van der Waals surface area contributed by atoms with E-state index in [4.69, 9.17) is 0 Å². The average Bonchev–Trinajstić information content (AvgIpc) is 3.13. The maximum atomic E-state index is 12.3. The number of aromatic nitrogens is 5. The number of hydrogen-bond donors (Lipinski definition) is 2. The summed E-state index contributed by atoms with van der Waals surface area (Å²) in [5, 5.41) is 12.5. The molecule has 8 nitrogen and oxygen atoms in total. The second-order valence-corrected chi connectivity index (χ2v) is 8.91. The number of aryl methyl sites for hydroxylation is 2. The fourth-order valence-electron chi connectivity index (χ4n) is 3.26. The van der Waals surface area contributed by atoms with Gasteiger partial charge in [0.2, 0.25) is 5.91 Å². The topological polar surface area (TPSA) is 106 Å². The Morgan fingerprint density at radius 3 is 2.69 bits per heavy atom. The number of carbonyl (C=O) groups excluding carboxylic acids is 1. The van der Waals surface area contributed by atoms with Crippen molar-refractivity contribution in [1.29, 1.82) is 0 Å². The molecule has 0 spiro atoms. The molecule has 164 valence electrons. The molecule has 4 aromatic rings. The number of anilines is 1. The van der Waals surface area contributed by atoms with Gasteiger partial charge in [-0.1, -0.05) is 41.6 Å². The molecule has 0 fully saturated rings. The molecule has 4 rings (SSSR count). The SMILES string of the molecule is Cc1ccc(NC(=O)CCc2nnc(S[C@H](C)c3nc4ccccc4c(=O)[nH]3)n2C)cc1. The van der Waals surface area contributed by atoms with Gasteiger partial charge < -0.3 is 14.9 Å². The van der Waals surface area contributed by atoms with Crippen LogP contribution in [0, 0.1) is 6.92 Å². The maximum absolute atomic E-state index is 12.3. The van der Waals surface area contributed by atoms with E-state index in [0.29, 0.717) is 34.7 Å². The molecule has 0 saturated heterocycles. The first-order valence-electron chi connectivity index (χ1n) is 10.3. The van der Waals surface area contributed by atoms with Gasteiger partial charge in [-0.25, -0.2) is 4.98 Å². The summed E-state index contributed by atoms with van der Waals surface area (Å²) < 4.78 is 1.87. The number of H-pyrrole nitrogens is 1. The van der Waals surface area contributed by atoms with E-state index in [-0.39, 0.29) is 16.7 Å². The van der Waals surface area contributed by atoms with E-state index < -0.39 is 0 Å². The van der Waals surface area contributed by atoms with Crippen molar-refractivity contribution >= 4 is 34.3 Å². The molecule has 9 heteroatoms. The first-order chi connectivity index (χ1) is 15.4. The summed E-state index contributed by atoms with van der Waals surface area (Å²) in [6.07, 6.45) is 0.779. The van der Waals surface area contributed by atoms with E-state index in [9.17, 15) is 9.59 Å². The van der Waals surface area contributed by atoms with Gasteiger partial charge in [0.15, 0.2) is 5.16 Å². The van der Waals surface area contributed by atoms with Crippen LogP contribution in [0.5, 0.6) is 0 Å². The van der Waals surface area contributed by atoms with Crippen molar-refractivity contribution in [3.8, 4) is 0 Å². The second-order valence-electron chi connectivity index (χ2n) is 7.60. The number of hydrogen-bond acceptors (Lipinski definition) is 6. The van der Waals surface area contributed by atoms with Gasteiger partial charge in [0.1, 0.15) is 11.6 Å². The Morgan fingerprint density at radius 1 is 1.16 bits per heavy atom. The predicted octanol–water partition coefficient (Wildman–Crippen LogP) is 3.78. The molecule has 32 heavy (non-hydrogen) atoms. The van der Waals surface area contributed by atoms with Crippen LogP contribution in [0.15, 0.2) is 58.5 Å². The summed E-state index contributed by atoms with van der Waals surface area (Å²) >= 11 is 1.46. The first kappa shape index (κ1) is 21.8. The molecule has 0 radical (unpaired) electrons. The molecule has 0 saturated carbocycles. The third-order valence-electron chi connectivity index (χ3n) is 5.13. The molecular formula is C23H24N6O2S. The van der Waals surface area contributed by atoms with Gasteiger partial charge in [0, 0.05) is 25.6 Å². The third-order valence-corrected chi connectivity index (χ3v) is 6.28. The molecule has 0 aliphatic carbocycles. The van der Waals surface area contributed by atoms with Crippen molar-refractivity contribution in [2.24, 2.45) is 7.05 Å². The molecule has 0 bridgehead atoms. The van der Waals surface area contributed by atoms with Crippen LogP contribution in [0.25, 0.3) is 10.9 Å². The zero-order chi connectivity index (χ0) is 22.7. The summed E-state index contributed by atoms with van der Waals surface area (Å²) in [4.78, 5) is 32.1. The molecule has 1 atom stereocenters. The molecule has 2 aromatic heterocycles. The number of fused-ring (bicyclic) bond motifs is 1. The summed E-state index contributed by atoms with van der Waals surface area (Å²) in [6, 6.07) is 15.0. The molecule has 2 N–H and O–H groups in total. The van der Waals surface area contributed by atoms with E-state index in [1.807, 2.05) is 67.9 Å². The number of aromatic amines is 1. The van der Waals surface area contributed by atoms with Crippen molar-refractivity contribution in [2.45, 2.75) is 37.1 Å². The number of carbonyl (C=O) groups is 1. The zero-order valence-electron chi connectivity index (χ0n) is 18.1. The highest BCUT2D eigenvalue weighted by Gasteiger charge is 2.17. The number of benzene rings is 2. The Morgan fingerprint density at radius 2 is 1.91 bits per heavy atom. The van der Waals surface area contributed by atoms with Crippen LogP contribution in [0.4, 0.5) is 5.69 Å². The minimum atomic E-state index is -0.156. The van der Waals surface area contributed by atoms with Crippen LogP contribution in [0.3, 0.4) is 0 Å². The highest BCUT2D eigenvalue weighted by molar-refractivity contribution is 7.99. The highest BCUT2D eigenvalue weighted by atomic mass is 32.2. The van der Waals surface area contributed by atoms with Gasteiger partial charge in [-0.3, -0.25) is 9.59 Å². The Hall–Kier alpha value is -3.46. The lowest BCUT2D eigenvalue weighted by molar-refractivity contribution is -0.116. The van der Waals surface area contributed by atoms with Gasteiger partial charge in [-0.15, -0.1) is 10.2 Å². The fourth-order valence-corrected chi connectivity index (χ4v) is 4.15. The molecular weight excluding hydrogens is 424 g/mol. The minimum Gasteiger partial charge on any atom is -0.326 e. The van der Waals surface area contributed by atoms with E-state index in [0.717, 1.165) is 17.1 Å². The monoisotopic (exact) mass is 448 g/mol. The minimum absolute atomic E-state index is 0.0719. The molecule has 1 amide bonds. The van der Waals surface area contributed by atoms with Gasteiger partial charge >= 0.3 is 0 Å². The molecule has 0 unspecified atom stereocenters. The number of nitrogens with zero attached hydrogens (tertiary/aromatic N) is 4. The van der Waals surface area contributed by atoms with Crippen molar-refractivity contribution in [2.75, 3.05) is 5.32 Å². The third kappa shape index (κ3) is 4.88. The van der Waals surface area contributed by atoms with E-state index in [2.05, 4.69) is 25.5 Å². The molecule has 0 aliphatic rings. The van der Waals surface area contributed by atoms with Crippen molar-refractivity contribution < 1.29 is 4.79 Å². The Kier molecular flexibility index (Phi) is 6.36. The van der Waals surface area contributed by atoms with Crippen LogP contribution < -0.4 is 10.9 Å². The van der Waals surface area contributed by atoms with E-state index in [1.165, 1.54) is 11.8 Å². The van der Waals surface area contributed by atoms with Crippen LogP contribution in [0.2, 0.25) is 0 Å². The lowest BCUT2D eigenvalue weighted by atomic mass is 10.2. The summed E-state index contributed by atoms with van der Waals surface area (Å²) in [5.74, 6) is 1.23. The van der Waals surface area contributed by atoms with E-state index >= 15 is 0 Å². The summed E-state index contributed by atoms with van der Waals surface area (Å²) in [6.45, 7) is 3.96. The van der Waals surface area contributed by atoms with Crippen LogP contribution in [-0.2, 0) is 18.3 Å². The van der Waals surface area contributed by atoms with Crippen LogP contribution in [-0.4, -0.2) is 30.6 Å². The average molecular weight is 449 g/mol. The Bertz CT molecular complexity index is 1310. The molecule has 2 aromatic carbocycles. The number of nitrogens with one attached hydrogen (secondary N) is 2. The lowest BCUT2D eigenvalue weighted by Crippen LogP contribution is -2.14. The van der Waals surface area contributed by atoms with Gasteiger partial charge in [-0.2, -0.15) is 0 Å². The lowest BCUT2D eigenvalue weighted by Gasteiger charge is -2.11. The van der Waals surface area contributed by atoms with Crippen LogP contribution >= 0.6 is 11.8 Å². The molecule has 2 heterocycles. The first-order valence-corrected chi connectivity index (χ1v) is 11.2. The highest BCUT2D eigenvalue weighted by Crippen LogP contribution is 2.32. The zero-order valence-corrected chi connectivity index (χ0v) is 18.9. The van der Waals surface area contributed by atoms with Crippen molar-refractivity contribution in [3.05, 3.63) is 76.1 Å². The van der Waals surface area contributed by atoms with Gasteiger partial charge in [0.25, 0.3) is 5.56 Å². The van der Waals surface area contributed by atoms with Gasteiger partial charge in [0.05, 0.1) is 16.2 Å². The smallest absolute Gasteiger partial charge is 0.258 e. The standard InChI is InChI=1S/C23H24N6O2S/c1-14-8-10-16(11-9-14)24-20(30)13-12-19-27-28-23(29(19)3)32-15(2)21-25-18-7-5-4-6-17(18)22(31)26-21/h4-11,15H,12-13H2,1-3H3,(H,24,30)(H,25,26,31)/t15-/m1/s1. The number of para-hydroxylation sites is 1. The van der Waals surface area contributed by atoms with Gasteiger partial charge in [-0.05, 0) is 38.1 Å². The van der Waals surface area contributed by atoms with Crippen molar-refractivity contribution in [3.63, 3.8) is 0 Å². The number of rotatable bonds is 7. The van der Waals surface area contributed by atoms with E-state index in [1.54, 1.807) is 6.07 Å². The Balaban J connectivity index is 1.40. The largest absolute Gasteiger partial charge is 0.326 e. The summed E-state index contributed by atoms with van der Waals surface area (Å²) in [5.41, 5.74) is 2.43. The van der Waals surface area contributed by atoms with Crippen molar-refractivity contribution in [1.82, 2.24) is 24.7 Å². The summed E-state index contributed by atoms with van der Waals surface area (Å²) in [7, 11) is 1.87. The predicted molar refractivity (Wildman–Crippen MR) is 126 cm³/mol. The maximum Gasteiger partial charge on any atom is 0.258 e. The quantitative estimate of drug-likeness (QED) is 0.417. The molecule has 0 aliphatic heterocycles.